The average molecular weight is 399 g/mol. The molecule has 0 aliphatic rings. The molecule has 0 heterocycles. The highest BCUT2D eigenvalue weighted by Gasteiger charge is 2.11. The second-order valence-corrected chi connectivity index (χ2v) is 6.03. The van der Waals surface area contributed by atoms with Crippen LogP contribution >= 0.6 is 0 Å². The molecule has 7 heteroatoms. The molecule has 1 amide bonds. The molecule has 0 saturated heterocycles. The molecule has 0 radical (unpaired) electrons. The Hall–Kier alpha value is -3.48. The third-order valence-corrected chi connectivity index (χ3v) is 3.86. The molecule has 0 unspecified atom stereocenters. The van der Waals surface area contributed by atoms with Crippen LogP contribution in [-0.2, 0) is 4.79 Å². The van der Waals surface area contributed by atoms with Crippen LogP contribution in [0.2, 0.25) is 0 Å². The summed E-state index contributed by atoms with van der Waals surface area (Å²) in [4.78, 5) is 23.6. The molecule has 2 rings (SSSR count). The highest BCUT2D eigenvalue weighted by Crippen LogP contribution is 2.29. The number of anilines is 1. The van der Waals surface area contributed by atoms with E-state index in [0.717, 1.165) is 12.0 Å². The molecule has 0 aliphatic carbocycles. The third-order valence-electron chi connectivity index (χ3n) is 3.86. The molecule has 7 nitrogen and oxygen atoms in total. The van der Waals surface area contributed by atoms with Crippen LogP contribution < -0.4 is 19.5 Å². The molecule has 2 aromatic carbocycles. The molecule has 0 fully saturated rings. The maximum Gasteiger partial charge on any atom is 0.335 e. The molecule has 0 saturated carbocycles. The number of hydrogen-bond acceptors (Lipinski definition) is 5. The number of methoxy groups -OCH3 is 1. The van der Waals surface area contributed by atoms with E-state index in [4.69, 9.17) is 14.2 Å². The molecular formula is C22H25NO6. The van der Waals surface area contributed by atoms with Gasteiger partial charge in [-0.15, -0.1) is 0 Å². The summed E-state index contributed by atoms with van der Waals surface area (Å²) in [5, 5.41) is 11.9. The van der Waals surface area contributed by atoms with Gasteiger partial charge in [-0.2, -0.15) is 0 Å². The lowest BCUT2D eigenvalue weighted by molar-refractivity contribution is -0.111. The molecule has 154 valence electrons. The predicted molar refractivity (Wildman–Crippen MR) is 111 cm³/mol. The lowest BCUT2D eigenvalue weighted by Gasteiger charge is -2.12. The summed E-state index contributed by atoms with van der Waals surface area (Å²) in [5.41, 5.74) is 1.11. The Balaban J connectivity index is 2.17. The van der Waals surface area contributed by atoms with Gasteiger partial charge in [0.1, 0.15) is 5.75 Å². The molecule has 0 spiro atoms. The van der Waals surface area contributed by atoms with Crippen LogP contribution in [0, 0.1) is 0 Å². The number of aromatic carboxylic acids is 1. The zero-order chi connectivity index (χ0) is 21.2. The maximum atomic E-state index is 12.4. The number of benzene rings is 2. The topological polar surface area (TPSA) is 94.1 Å². The number of carbonyl (C=O) groups is 2. The fourth-order valence-electron chi connectivity index (χ4n) is 2.51. The van der Waals surface area contributed by atoms with Gasteiger partial charge in [-0.1, -0.05) is 13.0 Å². The Kier molecular flexibility index (Phi) is 8.09. The van der Waals surface area contributed by atoms with Gasteiger partial charge in [0.15, 0.2) is 11.5 Å². The number of hydrogen-bond donors (Lipinski definition) is 2. The van der Waals surface area contributed by atoms with E-state index in [-0.39, 0.29) is 5.56 Å². The van der Waals surface area contributed by atoms with Crippen LogP contribution in [0.1, 0.15) is 36.2 Å². The Morgan fingerprint density at radius 1 is 1.03 bits per heavy atom. The lowest BCUT2D eigenvalue weighted by atomic mass is 10.1. The lowest BCUT2D eigenvalue weighted by Crippen LogP contribution is -2.11. The van der Waals surface area contributed by atoms with E-state index in [1.165, 1.54) is 24.3 Å². The van der Waals surface area contributed by atoms with E-state index in [0.29, 0.717) is 36.1 Å². The van der Waals surface area contributed by atoms with Crippen molar-refractivity contribution in [2.75, 3.05) is 25.6 Å². The molecule has 2 aromatic rings. The zero-order valence-corrected chi connectivity index (χ0v) is 16.7. The van der Waals surface area contributed by atoms with Gasteiger partial charge < -0.3 is 24.6 Å². The molecule has 0 atom stereocenters. The Morgan fingerprint density at radius 2 is 1.79 bits per heavy atom. The normalized spacial score (nSPS) is 10.6. The highest BCUT2D eigenvalue weighted by atomic mass is 16.5. The quantitative estimate of drug-likeness (QED) is 0.581. The molecule has 0 aromatic heterocycles. The van der Waals surface area contributed by atoms with Gasteiger partial charge in [0, 0.05) is 6.08 Å². The second-order valence-electron chi connectivity index (χ2n) is 6.03. The van der Waals surface area contributed by atoms with E-state index < -0.39 is 11.9 Å². The van der Waals surface area contributed by atoms with E-state index in [2.05, 4.69) is 5.32 Å². The fourth-order valence-corrected chi connectivity index (χ4v) is 2.51. The van der Waals surface area contributed by atoms with Crippen LogP contribution in [0.3, 0.4) is 0 Å². The van der Waals surface area contributed by atoms with Crippen molar-refractivity contribution >= 4 is 23.6 Å². The largest absolute Gasteiger partial charge is 0.493 e. The Morgan fingerprint density at radius 3 is 2.45 bits per heavy atom. The average Bonchev–Trinajstić information content (AvgIpc) is 2.72. The fraction of sp³-hybridized carbons (Fsp3) is 0.273. The number of amides is 1. The molecular weight excluding hydrogens is 374 g/mol. The van der Waals surface area contributed by atoms with Crippen LogP contribution in [0.15, 0.2) is 42.5 Å². The van der Waals surface area contributed by atoms with Crippen molar-refractivity contribution in [3.05, 3.63) is 53.6 Å². The monoisotopic (exact) mass is 399 g/mol. The van der Waals surface area contributed by atoms with Gasteiger partial charge in [0.25, 0.3) is 0 Å². The van der Waals surface area contributed by atoms with Gasteiger partial charge in [-0.05, 0) is 55.3 Å². The van der Waals surface area contributed by atoms with Crippen molar-refractivity contribution in [3.63, 3.8) is 0 Å². The third kappa shape index (κ3) is 6.27. The van der Waals surface area contributed by atoms with Crippen LogP contribution in [0.5, 0.6) is 17.2 Å². The van der Waals surface area contributed by atoms with Gasteiger partial charge >= 0.3 is 5.97 Å². The molecule has 2 N–H and O–H groups in total. The number of nitrogens with one attached hydrogen (secondary N) is 1. The predicted octanol–water partition coefficient (Wildman–Crippen LogP) is 4.23. The van der Waals surface area contributed by atoms with Crippen LogP contribution in [-0.4, -0.2) is 37.3 Å². The van der Waals surface area contributed by atoms with Crippen molar-refractivity contribution in [2.45, 2.75) is 20.3 Å². The summed E-state index contributed by atoms with van der Waals surface area (Å²) in [7, 11) is 1.55. The summed E-state index contributed by atoms with van der Waals surface area (Å²) >= 11 is 0. The van der Waals surface area contributed by atoms with Gasteiger partial charge in [0.05, 0.1) is 31.6 Å². The summed E-state index contributed by atoms with van der Waals surface area (Å²) in [6.07, 6.45) is 3.76. The summed E-state index contributed by atoms with van der Waals surface area (Å²) in [6.45, 7) is 4.82. The van der Waals surface area contributed by atoms with Crippen molar-refractivity contribution in [1.29, 1.82) is 0 Å². The first-order chi connectivity index (χ1) is 14.0. The first kappa shape index (κ1) is 21.8. The minimum absolute atomic E-state index is 0.0596. The van der Waals surface area contributed by atoms with Crippen molar-refractivity contribution < 1.29 is 28.9 Å². The first-order valence-electron chi connectivity index (χ1n) is 9.28. The van der Waals surface area contributed by atoms with Gasteiger partial charge in [0.2, 0.25) is 5.91 Å². The first-order valence-corrected chi connectivity index (χ1v) is 9.28. The number of rotatable bonds is 10. The molecule has 0 bridgehead atoms. The van der Waals surface area contributed by atoms with E-state index in [1.807, 2.05) is 13.8 Å². The van der Waals surface area contributed by atoms with E-state index in [9.17, 15) is 14.7 Å². The summed E-state index contributed by atoms with van der Waals surface area (Å²) in [5.74, 6) is 0.112. The standard InChI is InChI=1S/C22H25NO6/c1-4-12-29-18-10-8-16(22(25)26)14-17(18)23-21(24)11-7-15-6-9-19(28-5-2)20(13-15)27-3/h6-11,13-14H,4-5,12H2,1-3H3,(H,23,24)(H,25,26)/b11-7+. The van der Waals surface area contributed by atoms with E-state index >= 15 is 0 Å². The maximum absolute atomic E-state index is 12.4. The van der Waals surface area contributed by atoms with Gasteiger partial charge in [-0.25, -0.2) is 4.79 Å². The Labute approximate surface area is 169 Å². The minimum Gasteiger partial charge on any atom is -0.493 e. The molecule has 29 heavy (non-hydrogen) atoms. The Bertz CT molecular complexity index is 891. The van der Waals surface area contributed by atoms with Crippen LogP contribution in [0.25, 0.3) is 6.08 Å². The summed E-state index contributed by atoms with van der Waals surface area (Å²) in [6, 6.07) is 9.68. The molecule has 0 aliphatic heterocycles. The second kappa shape index (κ2) is 10.8. The number of carboxylic acid groups (broad SMARTS) is 1. The van der Waals surface area contributed by atoms with Crippen LogP contribution in [0.4, 0.5) is 5.69 Å². The van der Waals surface area contributed by atoms with E-state index in [1.54, 1.807) is 31.4 Å². The smallest absolute Gasteiger partial charge is 0.335 e. The number of carbonyl (C=O) groups excluding carboxylic acids is 1. The number of carboxylic acids is 1. The zero-order valence-electron chi connectivity index (χ0n) is 16.7. The van der Waals surface area contributed by atoms with Crippen molar-refractivity contribution in [1.82, 2.24) is 0 Å². The van der Waals surface area contributed by atoms with Crippen molar-refractivity contribution in [2.24, 2.45) is 0 Å². The highest BCUT2D eigenvalue weighted by molar-refractivity contribution is 6.03. The summed E-state index contributed by atoms with van der Waals surface area (Å²) < 4.78 is 16.4. The number of ether oxygens (including phenoxy) is 3. The minimum atomic E-state index is -1.08. The van der Waals surface area contributed by atoms with Gasteiger partial charge in [-0.3, -0.25) is 4.79 Å². The SMILES string of the molecule is CCCOc1ccc(C(=O)O)cc1NC(=O)/C=C/c1ccc(OCC)c(OC)c1. The van der Waals surface area contributed by atoms with Crippen molar-refractivity contribution in [3.8, 4) is 17.2 Å².